The van der Waals surface area contributed by atoms with Crippen molar-refractivity contribution in [2.24, 2.45) is 5.92 Å². The van der Waals surface area contributed by atoms with Crippen LogP contribution in [0.5, 0.6) is 0 Å². The van der Waals surface area contributed by atoms with Gasteiger partial charge in [0.05, 0.1) is 0 Å². The second kappa shape index (κ2) is 6.79. The van der Waals surface area contributed by atoms with Crippen LogP contribution in [-0.2, 0) is 0 Å². The molecule has 1 N–H and O–H groups in total. The summed E-state index contributed by atoms with van der Waals surface area (Å²) in [6.45, 7) is 9.25. The zero-order valence-electron chi connectivity index (χ0n) is 11.8. The quantitative estimate of drug-likeness (QED) is 0.826. The molecule has 0 saturated carbocycles. The fourth-order valence-corrected chi connectivity index (χ4v) is 2.79. The molecule has 1 fully saturated rings. The first kappa shape index (κ1) is 13.4. The number of benzene rings is 1. The standard InChI is InChI=1S/C16H26N2/c1-3-4-15-9-11-18(13-15)12-10-17-16-7-5-14(2)6-8-16/h5-8,15,17H,3-4,9-13H2,1-2H3. The van der Waals surface area contributed by atoms with Crippen molar-refractivity contribution in [2.45, 2.75) is 33.1 Å². The third kappa shape index (κ3) is 4.02. The number of hydrogen-bond donors (Lipinski definition) is 1. The highest BCUT2D eigenvalue weighted by Gasteiger charge is 2.20. The highest BCUT2D eigenvalue weighted by molar-refractivity contribution is 5.44. The Morgan fingerprint density at radius 1 is 1.28 bits per heavy atom. The van der Waals surface area contributed by atoms with Gasteiger partial charge in [-0.3, -0.25) is 0 Å². The minimum absolute atomic E-state index is 0.953. The second-order valence-corrected chi connectivity index (χ2v) is 5.54. The highest BCUT2D eigenvalue weighted by Crippen LogP contribution is 2.20. The van der Waals surface area contributed by atoms with Crippen LogP contribution in [0.25, 0.3) is 0 Å². The van der Waals surface area contributed by atoms with E-state index >= 15 is 0 Å². The molecule has 1 saturated heterocycles. The number of hydrogen-bond acceptors (Lipinski definition) is 2. The Hall–Kier alpha value is -1.02. The maximum absolute atomic E-state index is 3.50. The third-order valence-corrected chi connectivity index (χ3v) is 3.88. The number of rotatable bonds is 6. The molecule has 0 amide bonds. The zero-order valence-corrected chi connectivity index (χ0v) is 11.8. The van der Waals surface area contributed by atoms with E-state index < -0.39 is 0 Å². The van der Waals surface area contributed by atoms with E-state index in [1.54, 1.807) is 0 Å². The summed E-state index contributed by atoms with van der Waals surface area (Å²) in [5, 5.41) is 3.50. The zero-order chi connectivity index (χ0) is 12.8. The van der Waals surface area contributed by atoms with Gasteiger partial charge in [0.2, 0.25) is 0 Å². The van der Waals surface area contributed by atoms with E-state index in [-0.39, 0.29) is 0 Å². The van der Waals surface area contributed by atoms with Gasteiger partial charge >= 0.3 is 0 Å². The molecule has 1 heterocycles. The summed E-state index contributed by atoms with van der Waals surface area (Å²) < 4.78 is 0. The molecule has 1 aliphatic heterocycles. The predicted molar refractivity (Wildman–Crippen MR) is 79.1 cm³/mol. The van der Waals surface area contributed by atoms with Gasteiger partial charge in [-0.2, -0.15) is 0 Å². The van der Waals surface area contributed by atoms with Crippen LogP contribution in [0, 0.1) is 12.8 Å². The lowest BCUT2D eigenvalue weighted by Gasteiger charge is -2.16. The molecule has 2 rings (SSSR count). The minimum Gasteiger partial charge on any atom is -0.384 e. The van der Waals surface area contributed by atoms with Gasteiger partial charge in [-0.25, -0.2) is 0 Å². The molecule has 0 radical (unpaired) electrons. The number of nitrogens with zero attached hydrogens (tertiary/aromatic N) is 1. The normalized spacial score (nSPS) is 20.2. The van der Waals surface area contributed by atoms with Crippen molar-refractivity contribution in [1.29, 1.82) is 0 Å². The van der Waals surface area contributed by atoms with Crippen LogP contribution in [0.3, 0.4) is 0 Å². The first-order valence-corrected chi connectivity index (χ1v) is 7.31. The molecular formula is C16H26N2. The number of anilines is 1. The molecule has 100 valence electrons. The molecule has 0 spiro atoms. The van der Waals surface area contributed by atoms with Gasteiger partial charge in [0.15, 0.2) is 0 Å². The Kier molecular flexibility index (Phi) is 5.06. The van der Waals surface area contributed by atoms with Gasteiger partial charge in [-0.05, 0) is 44.4 Å². The summed E-state index contributed by atoms with van der Waals surface area (Å²) in [7, 11) is 0. The molecule has 0 aliphatic carbocycles. The first-order chi connectivity index (χ1) is 8.78. The van der Waals surface area contributed by atoms with E-state index in [1.807, 2.05) is 0 Å². The number of nitrogens with one attached hydrogen (secondary N) is 1. The summed E-state index contributed by atoms with van der Waals surface area (Å²) in [6, 6.07) is 8.66. The predicted octanol–water partition coefficient (Wildman–Crippen LogP) is 3.53. The molecule has 1 aliphatic rings. The Balaban J connectivity index is 1.65. The summed E-state index contributed by atoms with van der Waals surface area (Å²) >= 11 is 0. The Morgan fingerprint density at radius 2 is 2.06 bits per heavy atom. The molecule has 2 nitrogen and oxygen atoms in total. The minimum atomic E-state index is 0.953. The van der Waals surface area contributed by atoms with Gasteiger partial charge in [-0.1, -0.05) is 31.0 Å². The summed E-state index contributed by atoms with van der Waals surface area (Å²) in [5.74, 6) is 0.953. The van der Waals surface area contributed by atoms with E-state index in [4.69, 9.17) is 0 Å². The molecule has 1 atom stereocenters. The smallest absolute Gasteiger partial charge is 0.0340 e. The van der Waals surface area contributed by atoms with E-state index in [2.05, 4.69) is 48.3 Å². The van der Waals surface area contributed by atoms with Gasteiger partial charge in [0.1, 0.15) is 0 Å². The van der Waals surface area contributed by atoms with Crippen LogP contribution >= 0.6 is 0 Å². The van der Waals surface area contributed by atoms with Crippen molar-refractivity contribution in [2.75, 3.05) is 31.5 Å². The van der Waals surface area contributed by atoms with Crippen molar-refractivity contribution in [3.05, 3.63) is 29.8 Å². The summed E-state index contributed by atoms with van der Waals surface area (Å²) in [5.41, 5.74) is 2.56. The molecule has 0 aromatic heterocycles. The molecular weight excluding hydrogens is 220 g/mol. The Bertz CT molecular complexity index is 345. The first-order valence-electron chi connectivity index (χ1n) is 7.31. The average Bonchev–Trinajstić information content (AvgIpc) is 2.80. The van der Waals surface area contributed by atoms with Gasteiger partial charge in [0.25, 0.3) is 0 Å². The highest BCUT2D eigenvalue weighted by atomic mass is 15.2. The van der Waals surface area contributed by atoms with E-state index in [0.717, 1.165) is 12.5 Å². The monoisotopic (exact) mass is 246 g/mol. The van der Waals surface area contributed by atoms with Gasteiger partial charge < -0.3 is 10.2 Å². The van der Waals surface area contributed by atoms with Crippen molar-refractivity contribution < 1.29 is 0 Å². The Labute approximate surface area is 111 Å². The van der Waals surface area contributed by atoms with Crippen LogP contribution in [0.4, 0.5) is 5.69 Å². The molecule has 18 heavy (non-hydrogen) atoms. The largest absolute Gasteiger partial charge is 0.384 e. The second-order valence-electron chi connectivity index (χ2n) is 5.54. The van der Waals surface area contributed by atoms with Crippen LogP contribution in [0.15, 0.2) is 24.3 Å². The van der Waals surface area contributed by atoms with Crippen LogP contribution in [0.2, 0.25) is 0 Å². The maximum Gasteiger partial charge on any atom is 0.0340 e. The van der Waals surface area contributed by atoms with Gasteiger partial charge in [0, 0.05) is 25.3 Å². The molecule has 2 heteroatoms. The molecule has 1 aromatic rings. The Morgan fingerprint density at radius 3 is 2.78 bits per heavy atom. The van der Waals surface area contributed by atoms with Crippen LogP contribution in [0.1, 0.15) is 31.7 Å². The van der Waals surface area contributed by atoms with E-state index in [0.29, 0.717) is 0 Å². The number of aryl methyl sites for hydroxylation is 1. The van der Waals surface area contributed by atoms with Crippen LogP contribution in [-0.4, -0.2) is 31.1 Å². The lowest BCUT2D eigenvalue weighted by atomic mass is 10.0. The van der Waals surface area contributed by atoms with Crippen molar-refractivity contribution in [1.82, 2.24) is 4.90 Å². The lowest BCUT2D eigenvalue weighted by molar-refractivity contribution is 0.332. The summed E-state index contributed by atoms with van der Waals surface area (Å²) in [6.07, 6.45) is 4.14. The van der Waals surface area contributed by atoms with Crippen molar-refractivity contribution >= 4 is 5.69 Å². The van der Waals surface area contributed by atoms with E-state index in [1.165, 1.54) is 50.1 Å². The topological polar surface area (TPSA) is 15.3 Å². The fourth-order valence-electron chi connectivity index (χ4n) is 2.79. The van der Waals surface area contributed by atoms with Crippen molar-refractivity contribution in [3.63, 3.8) is 0 Å². The lowest BCUT2D eigenvalue weighted by Crippen LogP contribution is -2.27. The van der Waals surface area contributed by atoms with Crippen molar-refractivity contribution in [3.8, 4) is 0 Å². The van der Waals surface area contributed by atoms with Gasteiger partial charge in [-0.15, -0.1) is 0 Å². The molecule has 0 bridgehead atoms. The third-order valence-electron chi connectivity index (χ3n) is 3.88. The maximum atomic E-state index is 3.50. The van der Waals surface area contributed by atoms with Crippen LogP contribution < -0.4 is 5.32 Å². The average molecular weight is 246 g/mol. The molecule has 1 unspecified atom stereocenters. The summed E-state index contributed by atoms with van der Waals surface area (Å²) in [4.78, 5) is 2.60. The SMILES string of the molecule is CCCC1CCN(CCNc2ccc(C)cc2)C1. The number of likely N-dealkylation sites (tertiary alicyclic amines) is 1. The van der Waals surface area contributed by atoms with E-state index in [9.17, 15) is 0 Å². The molecule has 1 aromatic carbocycles. The fraction of sp³-hybridized carbons (Fsp3) is 0.625.